The fourth-order valence-electron chi connectivity index (χ4n) is 3.19. The number of methoxy groups -OCH3 is 1. The Hall–Kier alpha value is -1.83. The first-order chi connectivity index (χ1) is 10.6. The number of anilines is 1. The van der Waals surface area contributed by atoms with Crippen LogP contribution in [0, 0.1) is 0 Å². The molecule has 0 spiro atoms. The number of aromatic nitrogens is 1. The van der Waals surface area contributed by atoms with Crippen molar-refractivity contribution >= 4 is 28.5 Å². The van der Waals surface area contributed by atoms with Crippen molar-refractivity contribution in [2.45, 2.75) is 44.2 Å². The smallest absolute Gasteiger partial charge is 0.410 e. The first-order valence-corrected chi connectivity index (χ1v) is 8.29. The lowest BCUT2D eigenvalue weighted by Crippen LogP contribution is -2.49. The fourth-order valence-corrected chi connectivity index (χ4v) is 4.15. The Balaban J connectivity index is 1.61. The molecule has 1 aromatic heterocycles. The SMILES string of the molecule is COC(=O)N1CCCC1C(=O)NC1CCc2nc(N)sc2C1. The first kappa shape index (κ1) is 15.1. The van der Waals surface area contributed by atoms with Crippen LogP contribution < -0.4 is 11.1 Å². The van der Waals surface area contributed by atoms with Crippen molar-refractivity contribution < 1.29 is 14.3 Å². The third-order valence-electron chi connectivity index (χ3n) is 4.27. The van der Waals surface area contributed by atoms with Gasteiger partial charge in [0.1, 0.15) is 6.04 Å². The lowest BCUT2D eigenvalue weighted by Gasteiger charge is -2.27. The van der Waals surface area contributed by atoms with Gasteiger partial charge in [-0.25, -0.2) is 9.78 Å². The van der Waals surface area contributed by atoms with E-state index in [1.807, 2.05) is 0 Å². The van der Waals surface area contributed by atoms with Crippen LogP contribution in [-0.4, -0.2) is 47.6 Å². The second-order valence-electron chi connectivity index (χ2n) is 5.69. The van der Waals surface area contributed by atoms with Crippen molar-refractivity contribution in [2.24, 2.45) is 0 Å². The zero-order valence-electron chi connectivity index (χ0n) is 12.5. The molecule has 0 aromatic carbocycles. The number of rotatable bonds is 2. The molecule has 7 nitrogen and oxygen atoms in total. The van der Waals surface area contributed by atoms with Crippen molar-refractivity contribution in [3.05, 3.63) is 10.6 Å². The Bertz CT molecular complexity index is 589. The van der Waals surface area contributed by atoms with Crippen molar-refractivity contribution in [1.29, 1.82) is 0 Å². The van der Waals surface area contributed by atoms with Crippen LogP contribution in [-0.2, 0) is 22.4 Å². The summed E-state index contributed by atoms with van der Waals surface area (Å²) in [4.78, 5) is 31.1. The van der Waals surface area contributed by atoms with E-state index >= 15 is 0 Å². The van der Waals surface area contributed by atoms with Crippen molar-refractivity contribution in [1.82, 2.24) is 15.2 Å². The van der Waals surface area contributed by atoms with Gasteiger partial charge in [0.05, 0.1) is 12.8 Å². The number of thiazole rings is 1. The maximum Gasteiger partial charge on any atom is 0.410 e. The Morgan fingerprint density at radius 1 is 1.45 bits per heavy atom. The zero-order chi connectivity index (χ0) is 15.7. The summed E-state index contributed by atoms with van der Waals surface area (Å²) in [6.45, 7) is 0.574. The average Bonchev–Trinajstić information content (AvgIpc) is 3.11. The minimum absolute atomic E-state index is 0.0833. The van der Waals surface area contributed by atoms with Gasteiger partial charge in [0, 0.05) is 23.9 Å². The molecule has 1 fully saturated rings. The van der Waals surface area contributed by atoms with E-state index in [0.29, 0.717) is 18.1 Å². The van der Waals surface area contributed by atoms with Crippen molar-refractivity contribution in [2.75, 3.05) is 19.4 Å². The van der Waals surface area contributed by atoms with Gasteiger partial charge in [0.15, 0.2) is 5.13 Å². The number of aryl methyl sites for hydroxylation is 1. The summed E-state index contributed by atoms with van der Waals surface area (Å²) in [5.41, 5.74) is 6.79. The molecule has 2 amide bonds. The van der Waals surface area contributed by atoms with Crippen LogP contribution in [0.25, 0.3) is 0 Å². The molecular formula is C14H20N4O3S. The number of nitrogen functional groups attached to an aromatic ring is 1. The predicted octanol–water partition coefficient (Wildman–Crippen LogP) is 0.930. The van der Waals surface area contributed by atoms with Gasteiger partial charge in [-0.15, -0.1) is 11.3 Å². The van der Waals surface area contributed by atoms with E-state index in [9.17, 15) is 9.59 Å². The third kappa shape index (κ3) is 2.87. The molecule has 1 aliphatic carbocycles. The van der Waals surface area contributed by atoms with Crippen LogP contribution in [0.1, 0.15) is 29.8 Å². The number of carbonyl (C=O) groups excluding carboxylic acids is 2. The van der Waals surface area contributed by atoms with E-state index in [-0.39, 0.29) is 11.9 Å². The van der Waals surface area contributed by atoms with E-state index in [2.05, 4.69) is 10.3 Å². The normalized spacial score (nSPS) is 24.0. The Labute approximate surface area is 132 Å². The van der Waals surface area contributed by atoms with Crippen molar-refractivity contribution in [3.63, 3.8) is 0 Å². The number of ether oxygens (including phenoxy) is 1. The quantitative estimate of drug-likeness (QED) is 0.843. The topological polar surface area (TPSA) is 97.5 Å². The van der Waals surface area contributed by atoms with Gasteiger partial charge in [-0.2, -0.15) is 0 Å². The Morgan fingerprint density at radius 3 is 3.05 bits per heavy atom. The summed E-state index contributed by atoms with van der Waals surface area (Å²) >= 11 is 1.49. The average molecular weight is 324 g/mol. The fraction of sp³-hybridized carbons (Fsp3) is 0.643. The molecule has 120 valence electrons. The minimum Gasteiger partial charge on any atom is -0.453 e. The molecule has 0 bridgehead atoms. The standard InChI is InChI=1S/C14H20N4O3S/c1-21-14(20)18-6-2-3-10(18)12(19)16-8-4-5-9-11(7-8)22-13(15)17-9/h8,10H,2-7H2,1H3,(H2,15,17)(H,16,19). The molecule has 2 atom stereocenters. The van der Waals surface area contributed by atoms with Gasteiger partial charge < -0.3 is 15.8 Å². The number of hydrogen-bond donors (Lipinski definition) is 2. The van der Waals surface area contributed by atoms with Gasteiger partial charge in [-0.05, 0) is 25.7 Å². The molecular weight excluding hydrogens is 304 g/mol. The van der Waals surface area contributed by atoms with Gasteiger partial charge in [-0.3, -0.25) is 9.69 Å². The lowest BCUT2D eigenvalue weighted by atomic mass is 9.97. The maximum absolute atomic E-state index is 12.5. The molecule has 22 heavy (non-hydrogen) atoms. The summed E-state index contributed by atoms with van der Waals surface area (Å²) in [6.07, 6.45) is 3.53. The molecule has 2 unspecified atom stereocenters. The molecule has 2 heterocycles. The summed E-state index contributed by atoms with van der Waals surface area (Å²) < 4.78 is 4.74. The number of nitrogens with one attached hydrogen (secondary N) is 1. The zero-order valence-corrected chi connectivity index (χ0v) is 13.3. The highest BCUT2D eigenvalue weighted by atomic mass is 32.1. The largest absolute Gasteiger partial charge is 0.453 e. The summed E-state index contributed by atoms with van der Waals surface area (Å²) in [7, 11) is 1.34. The summed E-state index contributed by atoms with van der Waals surface area (Å²) in [5, 5.41) is 3.66. The number of hydrogen-bond acceptors (Lipinski definition) is 6. The molecule has 2 aliphatic rings. The second-order valence-corrected chi connectivity index (χ2v) is 6.81. The molecule has 3 rings (SSSR count). The number of nitrogens with zero attached hydrogens (tertiary/aromatic N) is 2. The van der Waals surface area contributed by atoms with Gasteiger partial charge in [0.2, 0.25) is 5.91 Å². The summed E-state index contributed by atoms with van der Waals surface area (Å²) in [6, 6.07) is -0.333. The van der Waals surface area contributed by atoms with E-state index in [0.717, 1.165) is 36.3 Å². The maximum atomic E-state index is 12.5. The monoisotopic (exact) mass is 324 g/mol. The van der Waals surface area contributed by atoms with E-state index < -0.39 is 12.1 Å². The van der Waals surface area contributed by atoms with Crippen LogP contribution in [0.4, 0.5) is 9.93 Å². The third-order valence-corrected chi connectivity index (χ3v) is 5.22. The van der Waals surface area contributed by atoms with Gasteiger partial charge in [-0.1, -0.05) is 0 Å². The highest BCUT2D eigenvalue weighted by molar-refractivity contribution is 7.15. The Morgan fingerprint density at radius 2 is 2.27 bits per heavy atom. The van der Waals surface area contributed by atoms with E-state index in [1.165, 1.54) is 23.3 Å². The summed E-state index contributed by atoms with van der Waals surface area (Å²) in [5.74, 6) is -0.0890. The first-order valence-electron chi connectivity index (χ1n) is 7.47. The predicted molar refractivity (Wildman–Crippen MR) is 82.6 cm³/mol. The van der Waals surface area contributed by atoms with Crippen LogP contribution in [0.5, 0.6) is 0 Å². The number of likely N-dealkylation sites (tertiary alicyclic amines) is 1. The molecule has 1 saturated heterocycles. The van der Waals surface area contributed by atoms with Crippen molar-refractivity contribution in [3.8, 4) is 0 Å². The van der Waals surface area contributed by atoms with E-state index in [1.54, 1.807) is 0 Å². The van der Waals surface area contributed by atoms with Gasteiger partial charge in [0.25, 0.3) is 0 Å². The number of fused-ring (bicyclic) bond motifs is 1. The molecule has 0 radical (unpaired) electrons. The minimum atomic E-state index is -0.432. The highest BCUT2D eigenvalue weighted by Crippen LogP contribution is 2.28. The molecule has 1 aliphatic heterocycles. The van der Waals surface area contributed by atoms with Crippen LogP contribution in [0.15, 0.2) is 0 Å². The lowest BCUT2D eigenvalue weighted by molar-refractivity contribution is -0.125. The molecule has 3 N–H and O–H groups in total. The molecule has 1 aromatic rings. The van der Waals surface area contributed by atoms with Gasteiger partial charge >= 0.3 is 6.09 Å². The van der Waals surface area contributed by atoms with Crippen LogP contribution in [0.3, 0.4) is 0 Å². The van der Waals surface area contributed by atoms with Crippen LogP contribution in [0.2, 0.25) is 0 Å². The van der Waals surface area contributed by atoms with E-state index in [4.69, 9.17) is 10.5 Å². The van der Waals surface area contributed by atoms with Crippen LogP contribution >= 0.6 is 11.3 Å². The second kappa shape index (κ2) is 6.12. The number of carbonyl (C=O) groups is 2. The number of amides is 2. The Kier molecular flexibility index (Phi) is 4.19. The molecule has 0 saturated carbocycles. The highest BCUT2D eigenvalue weighted by Gasteiger charge is 2.36. The number of nitrogens with two attached hydrogens (primary N) is 1. The molecule has 8 heteroatoms.